The van der Waals surface area contributed by atoms with Gasteiger partial charge in [-0.05, 0) is 0 Å². The minimum absolute atomic E-state index is 0.288. The SMILES string of the molecule is COCCc1noc(-c2cn[nH]c2C#N)n1. The Bertz CT molecular complexity index is 510. The molecule has 2 aromatic rings. The number of H-pyrrole nitrogens is 1. The highest BCUT2D eigenvalue weighted by atomic mass is 16.5. The molecule has 0 saturated heterocycles. The summed E-state index contributed by atoms with van der Waals surface area (Å²) >= 11 is 0. The molecule has 0 bridgehead atoms. The van der Waals surface area contributed by atoms with Gasteiger partial charge in [0.1, 0.15) is 11.8 Å². The van der Waals surface area contributed by atoms with Crippen LogP contribution in [-0.4, -0.2) is 34.1 Å². The third-order valence-corrected chi connectivity index (χ3v) is 1.98. The predicted molar refractivity (Wildman–Crippen MR) is 52.2 cm³/mol. The zero-order chi connectivity index (χ0) is 11.4. The number of aromatic nitrogens is 4. The van der Waals surface area contributed by atoms with Crippen LogP contribution in [0.25, 0.3) is 11.5 Å². The molecular formula is C9H9N5O2. The number of rotatable bonds is 4. The van der Waals surface area contributed by atoms with Gasteiger partial charge in [-0.3, -0.25) is 5.10 Å². The largest absolute Gasteiger partial charge is 0.384 e. The van der Waals surface area contributed by atoms with Gasteiger partial charge in [0, 0.05) is 13.5 Å². The second-order valence-corrected chi connectivity index (χ2v) is 3.03. The van der Waals surface area contributed by atoms with E-state index >= 15 is 0 Å². The van der Waals surface area contributed by atoms with Crippen LogP contribution < -0.4 is 0 Å². The third-order valence-electron chi connectivity index (χ3n) is 1.98. The molecule has 7 nitrogen and oxygen atoms in total. The van der Waals surface area contributed by atoms with Crippen LogP contribution in [0.5, 0.6) is 0 Å². The van der Waals surface area contributed by atoms with Gasteiger partial charge in [-0.15, -0.1) is 0 Å². The average Bonchev–Trinajstić information content (AvgIpc) is 2.94. The highest BCUT2D eigenvalue weighted by Gasteiger charge is 2.14. The lowest BCUT2D eigenvalue weighted by molar-refractivity contribution is 0.199. The molecule has 0 fully saturated rings. The Hall–Kier alpha value is -2.20. The van der Waals surface area contributed by atoms with Gasteiger partial charge >= 0.3 is 0 Å². The fraction of sp³-hybridized carbons (Fsp3) is 0.333. The lowest BCUT2D eigenvalue weighted by Crippen LogP contribution is -1.96. The molecule has 1 N–H and O–H groups in total. The first kappa shape index (κ1) is 10.3. The van der Waals surface area contributed by atoms with E-state index in [0.717, 1.165) is 0 Å². The van der Waals surface area contributed by atoms with Gasteiger partial charge in [-0.1, -0.05) is 5.16 Å². The lowest BCUT2D eigenvalue weighted by Gasteiger charge is -1.90. The van der Waals surface area contributed by atoms with Crippen LogP contribution >= 0.6 is 0 Å². The molecule has 0 aliphatic carbocycles. The first-order valence-corrected chi connectivity index (χ1v) is 4.60. The van der Waals surface area contributed by atoms with Gasteiger partial charge in [0.05, 0.1) is 18.4 Å². The zero-order valence-electron chi connectivity index (χ0n) is 8.60. The van der Waals surface area contributed by atoms with E-state index in [1.807, 2.05) is 6.07 Å². The number of ether oxygens (including phenoxy) is 1. The Kier molecular flexibility index (Phi) is 2.93. The standard InChI is InChI=1S/C9H9N5O2/c1-15-3-2-8-12-9(16-14-8)6-5-11-13-7(6)4-10/h5H,2-3H2,1H3,(H,11,13). The Balaban J connectivity index is 2.22. The normalized spacial score (nSPS) is 10.2. The predicted octanol–water partition coefficient (Wildman–Crippen LogP) is 0.520. The van der Waals surface area contributed by atoms with Crippen molar-refractivity contribution in [2.24, 2.45) is 0 Å². The number of aromatic amines is 1. The van der Waals surface area contributed by atoms with Crippen molar-refractivity contribution in [3.63, 3.8) is 0 Å². The number of hydrogen-bond donors (Lipinski definition) is 1. The topological polar surface area (TPSA) is 101 Å². The van der Waals surface area contributed by atoms with Gasteiger partial charge in [0.25, 0.3) is 5.89 Å². The maximum atomic E-state index is 8.79. The van der Waals surface area contributed by atoms with E-state index < -0.39 is 0 Å². The monoisotopic (exact) mass is 219 g/mol. The summed E-state index contributed by atoms with van der Waals surface area (Å²) in [7, 11) is 1.60. The second kappa shape index (κ2) is 4.55. The molecule has 0 amide bonds. The van der Waals surface area contributed by atoms with Gasteiger partial charge in [0.15, 0.2) is 5.82 Å². The molecule has 0 saturated carbocycles. The molecule has 2 rings (SSSR count). The van der Waals surface area contributed by atoms with Crippen LogP contribution in [0.4, 0.5) is 0 Å². The van der Waals surface area contributed by atoms with Crippen LogP contribution in [0.15, 0.2) is 10.7 Å². The molecule has 0 unspecified atom stereocenters. The summed E-state index contributed by atoms with van der Waals surface area (Å²) < 4.78 is 9.92. The smallest absolute Gasteiger partial charge is 0.262 e. The van der Waals surface area contributed by atoms with E-state index in [2.05, 4.69) is 20.3 Å². The van der Waals surface area contributed by atoms with Crippen molar-refractivity contribution in [2.45, 2.75) is 6.42 Å². The van der Waals surface area contributed by atoms with Crippen molar-refractivity contribution in [2.75, 3.05) is 13.7 Å². The number of hydrogen-bond acceptors (Lipinski definition) is 6. The summed E-state index contributed by atoms with van der Waals surface area (Å²) in [4.78, 5) is 4.13. The van der Waals surface area contributed by atoms with Gasteiger partial charge < -0.3 is 9.26 Å². The molecule has 7 heteroatoms. The summed E-state index contributed by atoms with van der Waals surface area (Å²) in [6, 6.07) is 1.96. The zero-order valence-corrected chi connectivity index (χ0v) is 8.60. The van der Waals surface area contributed by atoms with Crippen LogP contribution in [0.3, 0.4) is 0 Å². The highest BCUT2D eigenvalue weighted by molar-refractivity contribution is 5.58. The molecule has 16 heavy (non-hydrogen) atoms. The van der Waals surface area contributed by atoms with Crippen molar-refractivity contribution < 1.29 is 9.26 Å². The summed E-state index contributed by atoms with van der Waals surface area (Å²) in [6.45, 7) is 0.523. The molecule has 2 aromatic heterocycles. The maximum absolute atomic E-state index is 8.79. The Morgan fingerprint density at radius 1 is 1.62 bits per heavy atom. The Morgan fingerprint density at radius 3 is 3.25 bits per heavy atom. The Morgan fingerprint density at radius 2 is 2.50 bits per heavy atom. The van der Waals surface area contributed by atoms with Crippen LogP contribution in [0.2, 0.25) is 0 Å². The number of nitriles is 1. The van der Waals surface area contributed by atoms with E-state index in [9.17, 15) is 0 Å². The molecule has 0 spiro atoms. The molecule has 0 radical (unpaired) electrons. The van der Waals surface area contributed by atoms with E-state index in [0.29, 0.717) is 30.1 Å². The second-order valence-electron chi connectivity index (χ2n) is 3.03. The molecule has 0 aromatic carbocycles. The van der Waals surface area contributed by atoms with Crippen molar-refractivity contribution in [3.05, 3.63) is 17.7 Å². The van der Waals surface area contributed by atoms with Crippen molar-refractivity contribution in [3.8, 4) is 17.5 Å². The van der Waals surface area contributed by atoms with E-state index in [4.69, 9.17) is 14.5 Å². The molecule has 82 valence electrons. The summed E-state index contributed by atoms with van der Waals surface area (Å²) in [5, 5.41) is 18.8. The Labute approximate surface area is 91.0 Å². The van der Waals surface area contributed by atoms with E-state index in [1.165, 1.54) is 6.20 Å². The minimum atomic E-state index is 0.288. The fourth-order valence-corrected chi connectivity index (χ4v) is 1.19. The molecule has 0 aliphatic heterocycles. The van der Waals surface area contributed by atoms with Crippen LogP contribution in [0, 0.1) is 11.3 Å². The first-order chi connectivity index (χ1) is 7.85. The number of nitrogens with zero attached hydrogens (tertiary/aromatic N) is 4. The van der Waals surface area contributed by atoms with Crippen molar-refractivity contribution in [1.29, 1.82) is 5.26 Å². The summed E-state index contributed by atoms with van der Waals surface area (Å²) in [5.41, 5.74) is 0.820. The van der Waals surface area contributed by atoms with Crippen LogP contribution in [0.1, 0.15) is 11.5 Å². The number of methoxy groups -OCH3 is 1. The highest BCUT2D eigenvalue weighted by Crippen LogP contribution is 2.19. The third kappa shape index (κ3) is 1.92. The summed E-state index contributed by atoms with van der Waals surface area (Å²) in [6.07, 6.45) is 2.05. The first-order valence-electron chi connectivity index (χ1n) is 4.60. The van der Waals surface area contributed by atoms with E-state index in [-0.39, 0.29) is 5.89 Å². The number of nitrogens with one attached hydrogen (secondary N) is 1. The minimum Gasteiger partial charge on any atom is -0.384 e. The molecular weight excluding hydrogens is 210 g/mol. The molecule has 2 heterocycles. The lowest BCUT2D eigenvalue weighted by atomic mass is 10.2. The fourth-order valence-electron chi connectivity index (χ4n) is 1.19. The molecule has 0 atom stereocenters. The van der Waals surface area contributed by atoms with Crippen molar-refractivity contribution >= 4 is 0 Å². The van der Waals surface area contributed by atoms with Gasteiger partial charge in [-0.25, -0.2) is 0 Å². The van der Waals surface area contributed by atoms with Crippen molar-refractivity contribution in [1.82, 2.24) is 20.3 Å². The molecule has 0 aliphatic rings. The van der Waals surface area contributed by atoms with E-state index in [1.54, 1.807) is 7.11 Å². The quantitative estimate of drug-likeness (QED) is 0.804. The van der Waals surface area contributed by atoms with Crippen LogP contribution in [-0.2, 0) is 11.2 Å². The summed E-state index contributed by atoms with van der Waals surface area (Å²) in [5.74, 6) is 0.832. The average molecular weight is 219 g/mol. The maximum Gasteiger partial charge on any atom is 0.262 e. The van der Waals surface area contributed by atoms with Gasteiger partial charge in [-0.2, -0.15) is 15.3 Å². The van der Waals surface area contributed by atoms with Gasteiger partial charge in [0.2, 0.25) is 0 Å².